The zero-order valence-electron chi connectivity index (χ0n) is 19.6. The number of hydrogen-bond donors (Lipinski definition) is 3. The van der Waals surface area contributed by atoms with E-state index in [0.29, 0.717) is 11.5 Å². The van der Waals surface area contributed by atoms with Crippen LogP contribution in [0.2, 0.25) is 0 Å². The summed E-state index contributed by atoms with van der Waals surface area (Å²) in [7, 11) is 0. The molecule has 1 aliphatic rings. The van der Waals surface area contributed by atoms with Crippen LogP contribution < -0.4 is 10.6 Å². The van der Waals surface area contributed by atoms with Crippen molar-refractivity contribution in [3.8, 4) is 0 Å². The molecule has 0 aliphatic heterocycles. The van der Waals surface area contributed by atoms with E-state index in [1.807, 2.05) is 34.6 Å². The molecule has 1 saturated carbocycles. The van der Waals surface area contributed by atoms with Gasteiger partial charge in [0.25, 0.3) is 5.91 Å². The number of carbonyl (C=O) groups excluding carboxylic acids is 3. The lowest BCUT2D eigenvalue weighted by Crippen LogP contribution is -2.56. The molecule has 0 heterocycles. The maximum absolute atomic E-state index is 13.1. The van der Waals surface area contributed by atoms with E-state index in [0.717, 1.165) is 25.7 Å². The first kappa shape index (κ1) is 26.1. The van der Waals surface area contributed by atoms with Crippen molar-refractivity contribution < 1.29 is 19.6 Å². The summed E-state index contributed by atoms with van der Waals surface area (Å²) in [6, 6.07) is -0.553. The van der Waals surface area contributed by atoms with Crippen LogP contribution in [0.15, 0.2) is 12.3 Å². The van der Waals surface area contributed by atoms with Crippen LogP contribution in [0, 0.1) is 17.3 Å². The molecule has 0 aromatic heterocycles. The molecule has 3 amide bonds. The second kappa shape index (κ2) is 11.5. The van der Waals surface area contributed by atoms with Crippen molar-refractivity contribution in [1.29, 1.82) is 0 Å². The number of nitrogens with zero attached hydrogens (tertiary/aromatic N) is 1. The van der Waals surface area contributed by atoms with E-state index in [2.05, 4.69) is 17.2 Å². The van der Waals surface area contributed by atoms with Crippen LogP contribution in [0.4, 0.5) is 0 Å². The Balaban J connectivity index is 2.91. The highest BCUT2D eigenvalue weighted by molar-refractivity contribution is 5.91. The van der Waals surface area contributed by atoms with E-state index >= 15 is 0 Å². The van der Waals surface area contributed by atoms with E-state index in [9.17, 15) is 19.6 Å². The van der Waals surface area contributed by atoms with Crippen LogP contribution >= 0.6 is 0 Å². The Morgan fingerprint density at radius 1 is 1.10 bits per heavy atom. The summed E-state index contributed by atoms with van der Waals surface area (Å²) >= 11 is 0. The zero-order valence-corrected chi connectivity index (χ0v) is 19.6. The lowest BCUT2D eigenvalue weighted by molar-refractivity contribution is -0.159. The smallest absolute Gasteiger partial charge is 0.251 e. The van der Waals surface area contributed by atoms with Gasteiger partial charge in [-0.3, -0.25) is 19.6 Å². The maximum Gasteiger partial charge on any atom is 0.251 e. The Morgan fingerprint density at radius 3 is 2.13 bits per heavy atom. The fourth-order valence-corrected chi connectivity index (χ4v) is 3.83. The van der Waals surface area contributed by atoms with Gasteiger partial charge >= 0.3 is 0 Å². The Labute approximate surface area is 181 Å². The van der Waals surface area contributed by atoms with E-state index < -0.39 is 23.3 Å². The molecule has 0 spiro atoms. The van der Waals surface area contributed by atoms with Gasteiger partial charge in [-0.25, -0.2) is 0 Å². The first-order valence-electron chi connectivity index (χ1n) is 11.1. The van der Waals surface area contributed by atoms with E-state index in [1.165, 1.54) is 13.3 Å². The third kappa shape index (κ3) is 8.46. The molecule has 30 heavy (non-hydrogen) atoms. The number of hydroxylamine groups is 2. The summed E-state index contributed by atoms with van der Waals surface area (Å²) < 4.78 is 0. The third-order valence-electron chi connectivity index (χ3n) is 5.51. The predicted molar refractivity (Wildman–Crippen MR) is 117 cm³/mol. The van der Waals surface area contributed by atoms with E-state index in [-0.39, 0.29) is 35.9 Å². The van der Waals surface area contributed by atoms with Gasteiger partial charge in [-0.15, -0.1) is 0 Å². The number of nitrogens with one attached hydrogen (secondary N) is 2. The molecule has 7 nitrogen and oxygen atoms in total. The summed E-state index contributed by atoms with van der Waals surface area (Å²) in [5.74, 6) is -1.57. The number of carbonyl (C=O) groups is 3. The highest BCUT2D eigenvalue weighted by atomic mass is 16.5. The number of allylic oxidation sites excluding steroid dienone is 1. The van der Waals surface area contributed by atoms with Crippen molar-refractivity contribution in [2.24, 2.45) is 17.3 Å². The van der Waals surface area contributed by atoms with Gasteiger partial charge in [0.05, 0.1) is 0 Å². The van der Waals surface area contributed by atoms with Gasteiger partial charge in [-0.1, -0.05) is 60.5 Å². The van der Waals surface area contributed by atoms with Gasteiger partial charge in [0.1, 0.15) is 6.04 Å². The Kier molecular flexibility index (Phi) is 10.0. The number of amides is 3. The molecule has 0 radical (unpaired) electrons. The minimum atomic E-state index is -0.705. The Morgan fingerprint density at radius 2 is 1.67 bits per heavy atom. The molecule has 0 bridgehead atoms. The van der Waals surface area contributed by atoms with Crippen LogP contribution in [0.5, 0.6) is 0 Å². The van der Waals surface area contributed by atoms with Gasteiger partial charge in [0.15, 0.2) is 0 Å². The molecule has 0 saturated heterocycles. The number of hydrogen-bond acceptors (Lipinski definition) is 4. The topological polar surface area (TPSA) is 98.7 Å². The lowest BCUT2D eigenvalue weighted by atomic mass is 9.84. The normalized spacial score (nSPS) is 17.2. The van der Waals surface area contributed by atoms with Gasteiger partial charge in [-0.2, -0.15) is 5.06 Å². The van der Waals surface area contributed by atoms with Crippen LogP contribution in [0.3, 0.4) is 0 Å². The summed E-state index contributed by atoms with van der Waals surface area (Å²) in [6.07, 6.45) is 5.68. The highest BCUT2D eigenvalue weighted by Crippen LogP contribution is 2.24. The van der Waals surface area contributed by atoms with E-state index in [4.69, 9.17) is 0 Å². The molecular formula is C23H41N3O4. The van der Waals surface area contributed by atoms with Crippen molar-refractivity contribution >= 4 is 17.7 Å². The molecule has 2 atom stereocenters. The SMILES string of the molecule is C=C(C)N(O)C(=O)C[C@@H](CC(C)C)C(=O)NC(C(=O)NC1CCCCC1)C(C)(C)C. The van der Waals surface area contributed by atoms with Crippen LogP contribution in [-0.2, 0) is 14.4 Å². The zero-order chi connectivity index (χ0) is 23.1. The average Bonchev–Trinajstić information content (AvgIpc) is 2.63. The standard InChI is InChI=1S/C23H41N3O4/c1-15(2)13-17(14-19(27)26(30)16(3)4)21(28)25-20(23(5,6)7)22(29)24-18-11-9-8-10-12-18/h15,17-18,20,30H,3,8-14H2,1-2,4-7H3,(H,24,29)(H,25,28)/t17-,20?/m1/s1. The van der Waals surface area contributed by atoms with Gasteiger partial charge in [-0.05, 0) is 37.5 Å². The summed E-state index contributed by atoms with van der Waals surface area (Å²) in [5, 5.41) is 16.3. The van der Waals surface area contributed by atoms with Gasteiger partial charge in [0, 0.05) is 24.1 Å². The predicted octanol–water partition coefficient (Wildman–Crippen LogP) is 3.77. The first-order valence-corrected chi connectivity index (χ1v) is 11.1. The van der Waals surface area contributed by atoms with Crippen molar-refractivity contribution in [3.63, 3.8) is 0 Å². The highest BCUT2D eigenvalue weighted by Gasteiger charge is 2.36. The molecule has 0 aromatic carbocycles. The molecule has 3 N–H and O–H groups in total. The van der Waals surface area contributed by atoms with Crippen molar-refractivity contribution in [3.05, 3.63) is 12.3 Å². The molecule has 172 valence electrons. The van der Waals surface area contributed by atoms with Crippen LogP contribution in [0.1, 0.15) is 86.5 Å². The first-order chi connectivity index (χ1) is 13.8. The second-order valence-electron chi connectivity index (χ2n) is 10.1. The maximum atomic E-state index is 13.1. The monoisotopic (exact) mass is 423 g/mol. The number of rotatable bonds is 9. The summed E-state index contributed by atoms with van der Waals surface area (Å²) in [4.78, 5) is 38.4. The molecule has 1 unspecified atom stereocenters. The quantitative estimate of drug-likeness (QED) is 0.388. The average molecular weight is 424 g/mol. The molecule has 0 aromatic rings. The third-order valence-corrected chi connectivity index (χ3v) is 5.51. The summed E-state index contributed by atoms with van der Waals surface area (Å²) in [6.45, 7) is 14.7. The van der Waals surface area contributed by atoms with Crippen molar-refractivity contribution in [1.82, 2.24) is 15.7 Å². The molecular weight excluding hydrogens is 382 g/mol. The molecule has 1 rings (SSSR count). The molecule has 1 aliphatic carbocycles. The van der Waals surface area contributed by atoms with E-state index in [1.54, 1.807) is 0 Å². The Bertz CT molecular complexity index is 618. The lowest BCUT2D eigenvalue weighted by Gasteiger charge is -2.34. The molecule has 7 heteroatoms. The second-order valence-corrected chi connectivity index (χ2v) is 10.1. The van der Waals surface area contributed by atoms with Crippen molar-refractivity contribution in [2.45, 2.75) is 98.6 Å². The summed E-state index contributed by atoms with van der Waals surface area (Å²) in [5.41, 5.74) is -0.287. The fraction of sp³-hybridized carbons (Fsp3) is 0.783. The van der Waals surface area contributed by atoms with Crippen LogP contribution in [0.25, 0.3) is 0 Å². The van der Waals surface area contributed by atoms with Gasteiger partial charge in [0.2, 0.25) is 11.8 Å². The minimum absolute atomic E-state index is 0.144. The Hall–Kier alpha value is -1.89. The minimum Gasteiger partial charge on any atom is -0.352 e. The van der Waals surface area contributed by atoms with Crippen LogP contribution in [-0.4, -0.2) is 40.1 Å². The van der Waals surface area contributed by atoms with Gasteiger partial charge < -0.3 is 10.6 Å². The molecule has 1 fully saturated rings. The largest absolute Gasteiger partial charge is 0.352 e. The fourth-order valence-electron chi connectivity index (χ4n) is 3.83. The van der Waals surface area contributed by atoms with Crippen molar-refractivity contribution in [2.75, 3.05) is 0 Å².